The quantitative estimate of drug-likeness (QED) is 0.853. The van der Waals surface area contributed by atoms with Crippen molar-refractivity contribution in [1.82, 2.24) is 14.7 Å². The van der Waals surface area contributed by atoms with Gasteiger partial charge in [-0.25, -0.2) is 0 Å². The molecule has 5 nitrogen and oxygen atoms in total. The summed E-state index contributed by atoms with van der Waals surface area (Å²) in [7, 11) is 1.86. The molecule has 126 valence electrons. The molecule has 2 aliphatic heterocycles. The molecule has 0 saturated carbocycles. The molecule has 0 N–H and O–H groups in total. The summed E-state index contributed by atoms with van der Waals surface area (Å²) in [6, 6.07) is 10.4. The molecule has 1 fully saturated rings. The molecule has 0 aliphatic carbocycles. The van der Waals surface area contributed by atoms with Crippen LogP contribution in [0.15, 0.2) is 30.3 Å². The Morgan fingerprint density at radius 3 is 2.62 bits per heavy atom. The van der Waals surface area contributed by atoms with Crippen LogP contribution in [-0.2, 0) is 18.2 Å². The Morgan fingerprint density at radius 1 is 1.21 bits per heavy atom. The maximum absolute atomic E-state index is 13.0. The SMILES string of the molecule is C[C@@H]1Cc2c(nn(C)c2C(=O)N2CC(c3ccccc3)C2)[C@H](C)O1. The van der Waals surface area contributed by atoms with Crippen molar-refractivity contribution < 1.29 is 9.53 Å². The average molecular weight is 325 g/mol. The van der Waals surface area contributed by atoms with E-state index in [1.54, 1.807) is 4.68 Å². The Morgan fingerprint density at radius 2 is 1.92 bits per heavy atom. The van der Waals surface area contributed by atoms with Crippen molar-refractivity contribution in [3.63, 3.8) is 0 Å². The minimum Gasteiger partial charge on any atom is -0.369 e. The number of benzene rings is 1. The molecular formula is C19H23N3O2. The Hall–Kier alpha value is -2.14. The lowest BCUT2D eigenvalue weighted by Crippen LogP contribution is -2.49. The van der Waals surface area contributed by atoms with Gasteiger partial charge in [0.05, 0.1) is 17.9 Å². The van der Waals surface area contributed by atoms with Crippen molar-refractivity contribution in [2.45, 2.75) is 38.4 Å². The van der Waals surface area contributed by atoms with E-state index in [9.17, 15) is 4.79 Å². The van der Waals surface area contributed by atoms with Gasteiger partial charge in [0.1, 0.15) is 5.69 Å². The summed E-state index contributed by atoms with van der Waals surface area (Å²) in [5, 5.41) is 4.55. The first-order chi connectivity index (χ1) is 11.5. The number of carbonyl (C=O) groups excluding carboxylic acids is 1. The average Bonchev–Trinajstić information content (AvgIpc) is 2.83. The van der Waals surface area contributed by atoms with Gasteiger partial charge in [-0.3, -0.25) is 9.48 Å². The summed E-state index contributed by atoms with van der Waals surface area (Å²) in [5.41, 5.74) is 4.03. The van der Waals surface area contributed by atoms with E-state index in [4.69, 9.17) is 4.74 Å². The van der Waals surface area contributed by atoms with Crippen LogP contribution >= 0.6 is 0 Å². The summed E-state index contributed by atoms with van der Waals surface area (Å²) in [6.45, 7) is 5.62. The summed E-state index contributed by atoms with van der Waals surface area (Å²) in [4.78, 5) is 14.9. The van der Waals surface area contributed by atoms with Crippen molar-refractivity contribution in [2.24, 2.45) is 7.05 Å². The highest BCUT2D eigenvalue weighted by atomic mass is 16.5. The van der Waals surface area contributed by atoms with Crippen molar-refractivity contribution in [2.75, 3.05) is 13.1 Å². The Kier molecular flexibility index (Phi) is 3.68. The second-order valence-corrected chi connectivity index (χ2v) is 6.95. The van der Waals surface area contributed by atoms with Crippen LogP contribution < -0.4 is 0 Å². The summed E-state index contributed by atoms with van der Waals surface area (Å²) in [6.07, 6.45) is 0.825. The van der Waals surface area contributed by atoms with Gasteiger partial charge in [-0.2, -0.15) is 5.10 Å². The molecule has 1 aromatic carbocycles. The van der Waals surface area contributed by atoms with E-state index >= 15 is 0 Å². The highest BCUT2D eigenvalue weighted by Crippen LogP contribution is 2.34. The zero-order chi connectivity index (χ0) is 16.8. The normalized spacial score (nSPS) is 23.7. The van der Waals surface area contributed by atoms with Crippen molar-refractivity contribution >= 4 is 5.91 Å². The second kappa shape index (κ2) is 5.74. The number of amides is 1. The van der Waals surface area contributed by atoms with Gasteiger partial charge in [0.25, 0.3) is 5.91 Å². The molecular weight excluding hydrogens is 302 g/mol. The molecule has 2 aromatic rings. The zero-order valence-electron chi connectivity index (χ0n) is 14.4. The predicted octanol–water partition coefficient (Wildman–Crippen LogP) is 2.68. The van der Waals surface area contributed by atoms with E-state index in [2.05, 4.69) is 36.3 Å². The molecule has 0 spiro atoms. The third kappa shape index (κ3) is 2.44. The number of hydrogen-bond acceptors (Lipinski definition) is 3. The Balaban J connectivity index is 1.54. The van der Waals surface area contributed by atoms with E-state index in [1.165, 1.54) is 5.56 Å². The molecule has 0 unspecified atom stereocenters. The standard InChI is InChI=1S/C19H23N3O2/c1-12-9-16-17(13(2)24-12)20-21(3)18(16)19(23)22-10-15(11-22)14-7-5-4-6-8-14/h4-8,12-13,15H,9-11H2,1-3H3/t12-,13+/m1/s1. The lowest BCUT2D eigenvalue weighted by Gasteiger charge is -2.39. The minimum atomic E-state index is -0.0510. The smallest absolute Gasteiger partial charge is 0.272 e. The lowest BCUT2D eigenvalue weighted by molar-refractivity contribution is -0.00717. The maximum atomic E-state index is 13.0. The van der Waals surface area contributed by atoms with E-state index in [1.807, 2.05) is 24.9 Å². The van der Waals surface area contributed by atoms with Crippen molar-refractivity contribution in [3.8, 4) is 0 Å². The van der Waals surface area contributed by atoms with Crippen LogP contribution in [0.3, 0.4) is 0 Å². The highest BCUT2D eigenvalue weighted by molar-refractivity contribution is 5.95. The van der Waals surface area contributed by atoms with E-state index in [-0.39, 0.29) is 18.1 Å². The number of aryl methyl sites for hydroxylation is 1. The molecule has 3 heterocycles. The Bertz CT molecular complexity index is 762. The van der Waals surface area contributed by atoms with E-state index in [0.717, 1.165) is 36.5 Å². The fourth-order valence-electron chi connectivity index (χ4n) is 3.86. The van der Waals surface area contributed by atoms with E-state index < -0.39 is 0 Å². The van der Waals surface area contributed by atoms with Gasteiger partial charge in [-0.1, -0.05) is 30.3 Å². The number of likely N-dealkylation sites (tertiary alicyclic amines) is 1. The van der Waals surface area contributed by atoms with Crippen LogP contribution in [-0.4, -0.2) is 39.8 Å². The summed E-state index contributed by atoms with van der Waals surface area (Å²) in [5.74, 6) is 0.542. The molecule has 1 amide bonds. The molecule has 0 radical (unpaired) electrons. The fraction of sp³-hybridized carbons (Fsp3) is 0.474. The molecule has 0 bridgehead atoms. The van der Waals surface area contributed by atoms with Gasteiger partial charge in [-0.15, -0.1) is 0 Å². The number of hydrogen-bond donors (Lipinski definition) is 0. The third-order valence-electron chi connectivity index (χ3n) is 5.13. The highest BCUT2D eigenvalue weighted by Gasteiger charge is 2.37. The van der Waals surface area contributed by atoms with Gasteiger partial charge in [0.15, 0.2) is 0 Å². The minimum absolute atomic E-state index is 0.0510. The van der Waals surface area contributed by atoms with Crippen molar-refractivity contribution in [3.05, 3.63) is 52.8 Å². The van der Waals surface area contributed by atoms with Gasteiger partial charge >= 0.3 is 0 Å². The first-order valence-corrected chi connectivity index (χ1v) is 8.60. The van der Waals surface area contributed by atoms with Gasteiger partial charge in [-0.05, 0) is 19.4 Å². The molecule has 2 atom stereocenters. The van der Waals surface area contributed by atoms with Crippen LogP contribution in [0.5, 0.6) is 0 Å². The fourth-order valence-corrected chi connectivity index (χ4v) is 3.86. The third-order valence-corrected chi connectivity index (χ3v) is 5.13. The second-order valence-electron chi connectivity index (χ2n) is 6.95. The van der Waals surface area contributed by atoms with Crippen LogP contribution in [0, 0.1) is 0 Å². The molecule has 2 aliphatic rings. The monoisotopic (exact) mass is 325 g/mol. The maximum Gasteiger partial charge on any atom is 0.272 e. The molecule has 4 rings (SSSR count). The van der Waals surface area contributed by atoms with E-state index in [0.29, 0.717) is 5.92 Å². The van der Waals surface area contributed by atoms with Gasteiger partial charge in [0.2, 0.25) is 0 Å². The number of aromatic nitrogens is 2. The number of nitrogens with zero attached hydrogens (tertiary/aromatic N) is 3. The molecule has 1 saturated heterocycles. The number of fused-ring (bicyclic) bond motifs is 1. The topological polar surface area (TPSA) is 47.4 Å². The van der Waals surface area contributed by atoms with Crippen LogP contribution in [0.4, 0.5) is 0 Å². The van der Waals surface area contributed by atoms with Gasteiger partial charge in [0, 0.05) is 38.0 Å². The number of ether oxygens (including phenoxy) is 1. The lowest BCUT2D eigenvalue weighted by atomic mass is 9.90. The van der Waals surface area contributed by atoms with Crippen LogP contribution in [0.2, 0.25) is 0 Å². The van der Waals surface area contributed by atoms with Crippen LogP contribution in [0.1, 0.15) is 53.2 Å². The zero-order valence-corrected chi connectivity index (χ0v) is 14.4. The number of rotatable bonds is 2. The number of carbonyl (C=O) groups is 1. The first kappa shape index (κ1) is 15.4. The first-order valence-electron chi connectivity index (χ1n) is 8.60. The molecule has 24 heavy (non-hydrogen) atoms. The summed E-state index contributed by atoms with van der Waals surface area (Å²) >= 11 is 0. The van der Waals surface area contributed by atoms with Gasteiger partial charge < -0.3 is 9.64 Å². The largest absolute Gasteiger partial charge is 0.369 e. The molecule has 1 aromatic heterocycles. The summed E-state index contributed by atoms with van der Waals surface area (Å²) < 4.78 is 7.57. The van der Waals surface area contributed by atoms with Crippen molar-refractivity contribution in [1.29, 1.82) is 0 Å². The predicted molar refractivity (Wildman–Crippen MR) is 91.0 cm³/mol. The molecule has 5 heteroatoms. The van der Waals surface area contributed by atoms with Crippen LogP contribution in [0.25, 0.3) is 0 Å². The Labute approximate surface area is 142 Å².